The Labute approximate surface area is 90.4 Å². The van der Waals surface area contributed by atoms with Crippen LogP contribution in [-0.2, 0) is 0 Å². The Kier molecular flexibility index (Phi) is 3.01. The van der Waals surface area contributed by atoms with E-state index in [9.17, 15) is 0 Å². The predicted molar refractivity (Wildman–Crippen MR) is 60.4 cm³/mol. The molecule has 2 rings (SSSR count). The highest BCUT2D eigenvalue weighted by Crippen LogP contribution is 2.24. The Morgan fingerprint density at radius 2 is 2.00 bits per heavy atom. The van der Waals surface area contributed by atoms with Gasteiger partial charge in [0.05, 0.1) is 0 Å². The van der Waals surface area contributed by atoms with Crippen LogP contribution in [0.4, 0.5) is 5.13 Å². The van der Waals surface area contributed by atoms with Crippen LogP contribution in [0.2, 0.25) is 0 Å². The van der Waals surface area contributed by atoms with Crippen LogP contribution in [0.15, 0.2) is 22.1 Å². The molecule has 0 fully saturated rings. The van der Waals surface area contributed by atoms with Gasteiger partial charge in [0.15, 0.2) is 5.13 Å². The number of anilines is 1. The van der Waals surface area contributed by atoms with Gasteiger partial charge in [-0.25, -0.2) is 4.98 Å². The highest BCUT2D eigenvalue weighted by molar-refractivity contribution is 9.10. The summed E-state index contributed by atoms with van der Waals surface area (Å²) in [4.78, 5) is 6.75. The van der Waals surface area contributed by atoms with Gasteiger partial charge in [-0.05, 0) is 28.8 Å². The largest absolute Gasteiger partial charge is 0.347 e. The molecule has 2 heterocycles. The second kappa shape index (κ2) is 4.24. The molecule has 0 aliphatic carbocycles. The van der Waals surface area contributed by atoms with E-state index >= 15 is 0 Å². The van der Waals surface area contributed by atoms with E-state index in [1.807, 2.05) is 5.38 Å². The number of halogens is 1. The maximum absolute atomic E-state index is 4.41. The van der Waals surface area contributed by atoms with Crippen LogP contribution in [0, 0.1) is 0 Å². The van der Waals surface area contributed by atoms with Gasteiger partial charge in [-0.2, -0.15) is 0 Å². The fraction of sp³-hybridized carbons (Fsp3) is 0.444. The van der Waals surface area contributed by atoms with Gasteiger partial charge in [0.1, 0.15) is 4.60 Å². The Morgan fingerprint density at radius 1 is 1.31 bits per heavy atom. The van der Waals surface area contributed by atoms with Crippen LogP contribution >= 0.6 is 27.3 Å². The Balaban J connectivity index is 2.08. The van der Waals surface area contributed by atoms with Crippen molar-refractivity contribution in [2.45, 2.75) is 12.8 Å². The van der Waals surface area contributed by atoms with Crippen LogP contribution in [-0.4, -0.2) is 18.1 Å². The maximum atomic E-state index is 4.41. The van der Waals surface area contributed by atoms with Crippen LogP contribution < -0.4 is 4.90 Å². The number of rotatable bonds is 1. The van der Waals surface area contributed by atoms with E-state index in [2.05, 4.69) is 38.0 Å². The molecule has 0 spiro atoms. The van der Waals surface area contributed by atoms with Gasteiger partial charge in [0, 0.05) is 18.5 Å². The van der Waals surface area contributed by atoms with Crippen molar-refractivity contribution in [1.29, 1.82) is 0 Å². The molecule has 2 nitrogen and oxygen atoms in total. The summed E-state index contributed by atoms with van der Waals surface area (Å²) in [6.07, 6.45) is 6.78. The normalized spacial score (nSPS) is 17.5. The van der Waals surface area contributed by atoms with E-state index in [4.69, 9.17) is 0 Å². The molecule has 13 heavy (non-hydrogen) atoms. The summed E-state index contributed by atoms with van der Waals surface area (Å²) in [5.74, 6) is 0. The summed E-state index contributed by atoms with van der Waals surface area (Å²) >= 11 is 5.08. The lowest BCUT2D eigenvalue weighted by atomic mass is 10.4. The molecule has 1 aliphatic rings. The van der Waals surface area contributed by atoms with E-state index < -0.39 is 0 Å². The van der Waals surface area contributed by atoms with E-state index in [1.165, 1.54) is 0 Å². The molecule has 0 atom stereocenters. The van der Waals surface area contributed by atoms with E-state index in [0.29, 0.717) is 0 Å². The van der Waals surface area contributed by atoms with Crippen molar-refractivity contribution < 1.29 is 0 Å². The quantitative estimate of drug-likeness (QED) is 0.720. The molecule has 70 valence electrons. The molecule has 0 radical (unpaired) electrons. The van der Waals surface area contributed by atoms with Crippen LogP contribution in [0.1, 0.15) is 12.8 Å². The lowest BCUT2D eigenvalue weighted by Gasteiger charge is -2.18. The average molecular weight is 259 g/mol. The molecule has 4 heteroatoms. The minimum atomic E-state index is 0.949. The molecule has 0 saturated carbocycles. The number of aromatic nitrogens is 1. The van der Waals surface area contributed by atoms with Crippen molar-refractivity contribution >= 4 is 32.4 Å². The lowest BCUT2D eigenvalue weighted by Crippen LogP contribution is -2.23. The molecule has 1 aliphatic heterocycles. The zero-order chi connectivity index (χ0) is 9.10. The van der Waals surface area contributed by atoms with Gasteiger partial charge in [-0.3, -0.25) is 0 Å². The maximum Gasteiger partial charge on any atom is 0.186 e. The van der Waals surface area contributed by atoms with E-state index in [0.717, 1.165) is 35.7 Å². The minimum absolute atomic E-state index is 0.949. The number of hydrogen-bond donors (Lipinski definition) is 0. The lowest BCUT2D eigenvalue weighted by molar-refractivity contribution is 0.807. The predicted octanol–water partition coefficient (Wildman–Crippen LogP) is 3.06. The van der Waals surface area contributed by atoms with Gasteiger partial charge in [-0.1, -0.05) is 12.2 Å². The van der Waals surface area contributed by atoms with Crippen molar-refractivity contribution in [3.05, 3.63) is 22.1 Å². The molecule has 0 saturated heterocycles. The van der Waals surface area contributed by atoms with Gasteiger partial charge in [0.25, 0.3) is 0 Å². The third-order valence-corrected chi connectivity index (χ3v) is 3.64. The third kappa shape index (κ3) is 2.31. The number of nitrogens with zero attached hydrogens (tertiary/aromatic N) is 2. The van der Waals surface area contributed by atoms with Crippen molar-refractivity contribution in [1.82, 2.24) is 4.98 Å². The summed E-state index contributed by atoms with van der Waals surface area (Å²) in [7, 11) is 0. The molecule has 1 aromatic heterocycles. The van der Waals surface area contributed by atoms with Crippen molar-refractivity contribution in [2.24, 2.45) is 0 Å². The highest BCUT2D eigenvalue weighted by atomic mass is 79.9. The number of thiazole rings is 1. The van der Waals surface area contributed by atoms with E-state index in [1.54, 1.807) is 11.3 Å². The monoisotopic (exact) mass is 258 g/mol. The average Bonchev–Trinajstić information content (AvgIpc) is 2.43. The molecule has 0 aromatic carbocycles. The first-order valence-electron chi connectivity index (χ1n) is 4.37. The van der Waals surface area contributed by atoms with Crippen molar-refractivity contribution in [3.8, 4) is 0 Å². The van der Waals surface area contributed by atoms with Crippen LogP contribution in [0.5, 0.6) is 0 Å². The third-order valence-electron chi connectivity index (χ3n) is 2.03. The summed E-state index contributed by atoms with van der Waals surface area (Å²) in [5, 5.41) is 3.17. The van der Waals surface area contributed by atoms with Gasteiger partial charge >= 0.3 is 0 Å². The zero-order valence-corrected chi connectivity index (χ0v) is 9.64. The van der Waals surface area contributed by atoms with Gasteiger partial charge in [0.2, 0.25) is 0 Å². The number of hydrogen-bond acceptors (Lipinski definition) is 3. The molecule has 0 N–H and O–H groups in total. The first-order chi connectivity index (χ1) is 6.36. The van der Waals surface area contributed by atoms with Gasteiger partial charge < -0.3 is 4.90 Å². The Morgan fingerprint density at radius 3 is 2.54 bits per heavy atom. The van der Waals surface area contributed by atoms with Crippen LogP contribution in [0.25, 0.3) is 0 Å². The van der Waals surface area contributed by atoms with E-state index in [-0.39, 0.29) is 0 Å². The first kappa shape index (κ1) is 9.21. The fourth-order valence-corrected chi connectivity index (χ4v) is 2.69. The molecular formula is C9H11BrN2S. The topological polar surface area (TPSA) is 16.1 Å². The van der Waals surface area contributed by atoms with Gasteiger partial charge in [-0.15, -0.1) is 11.3 Å². The first-order valence-corrected chi connectivity index (χ1v) is 6.04. The molecule has 0 amide bonds. The summed E-state index contributed by atoms with van der Waals surface area (Å²) in [5.41, 5.74) is 0. The molecule has 0 unspecified atom stereocenters. The molecule has 1 aromatic rings. The summed E-state index contributed by atoms with van der Waals surface area (Å²) < 4.78 is 0.949. The SMILES string of the molecule is Brc1csc(N2CCC=CCC2)n1. The van der Waals surface area contributed by atoms with Crippen LogP contribution in [0.3, 0.4) is 0 Å². The molecular weight excluding hydrogens is 248 g/mol. The summed E-state index contributed by atoms with van der Waals surface area (Å²) in [6.45, 7) is 2.19. The standard InChI is InChI=1S/C9H11BrN2S/c10-8-7-13-9(11-8)12-5-3-1-2-4-6-12/h1-2,7H,3-6H2. The minimum Gasteiger partial charge on any atom is -0.347 e. The highest BCUT2D eigenvalue weighted by Gasteiger charge is 2.10. The summed E-state index contributed by atoms with van der Waals surface area (Å²) in [6, 6.07) is 0. The second-order valence-electron chi connectivity index (χ2n) is 2.99. The molecule has 0 bridgehead atoms. The van der Waals surface area contributed by atoms with Crippen molar-refractivity contribution in [3.63, 3.8) is 0 Å². The van der Waals surface area contributed by atoms with Crippen molar-refractivity contribution in [2.75, 3.05) is 18.0 Å². The zero-order valence-electron chi connectivity index (χ0n) is 7.24. The second-order valence-corrected chi connectivity index (χ2v) is 4.64. The smallest absolute Gasteiger partial charge is 0.186 e. The Hall–Kier alpha value is -0.350. The fourth-order valence-electron chi connectivity index (χ4n) is 1.39. The Bertz CT molecular complexity index is 298.